The van der Waals surface area contributed by atoms with Crippen LogP contribution in [0.4, 0.5) is 0 Å². The number of methoxy groups -OCH3 is 1. The van der Waals surface area contributed by atoms with Crippen molar-refractivity contribution in [2.45, 2.75) is 108 Å². The third-order valence-electron chi connectivity index (χ3n) is 5.44. The van der Waals surface area contributed by atoms with Crippen molar-refractivity contribution in [2.75, 3.05) is 13.7 Å². The number of hydrogen-bond donors (Lipinski definition) is 1. The molecule has 252 valence electrons. The molecule has 45 heavy (non-hydrogen) atoms. The van der Waals surface area contributed by atoms with Gasteiger partial charge < -0.3 is 14.6 Å². The monoisotopic (exact) mass is 619 g/mol. The van der Waals surface area contributed by atoms with Gasteiger partial charge in [0.25, 0.3) is 0 Å². The van der Waals surface area contributed by atoms with E-state index >= 15 is 0 Å². The standard InChI is InChI=1S/C19H24O3.C12H10.C3H8.4C2H6/c1-3-4-17(20)14-22-19-11-7-16(8-12-19)13-15-5-9-18(21-2)10-6-15;1-3-7-11(8-4-1)12-9-5-2-6-10-12;1-3-2;4*1-2/h5-12,17,20H,3-4,13-14H2,1-2H3;1-10H;3H2,1-2H3;4*1-2H3. The molecule has 1 unspecified atom stereocenters. The second-order valence-electron chi connectivity index (χ2n) is 8.86. The number of benzene rings is 4. The molecule has 3 nitrogen and oxygen atoms in total. The van der Waals surface area contributed by atoms with Crippen LogP contribution in [0, 0.1) is 0 Å². The quantitative estimate of drug-likeness (QED) is 0.203. The molecule has 0 aromatic heterocycles. The summed E-state index contributed by atoms with van der Waals surface area (Å²) >= 11 is 0. The van der Waals surface area contributed by atoms with Crippen LogP contribution in [-0.4, -0.2) is 24.9 Å². The first-order valence-corrected chi connectivity index (χ1v) is 17.2. The second kappa shape index (κ2) is 34.9. The van der Waals surface area contributed by atoms with Crippen LogP contribution in [-0.2, 0) is 6.42 Å². The molecule has 0 aliphatic heterocycles. The molecule has 4 rings (SSSR count). The van der Waals surface area contributed by atoms with E-state index in [0.29, 0.717) is 6.61 Å². The fraction of sp³-hybridized carbons (Fsp3) is 0.429. The van der Waals surface area contributed by atoms with Gasteiger partial charge in [0, 0.05) is 0 Å². The zero-order valence-electron chi connectivity index (χ0n) is 30.8. The molecule has 0 saturated heterocycles. The molecule has 1 N–H and O–H groups in total. The van der Waals surface area contributed by atoms with Crippen molar-refractivity contribution in [1.82, 2.24) is 0 Å². The van der Waals surface area contributed by atoms with Gasteiger partial charge >= 0.3 is 0 Å². The summed E-state index contributed by atoms with van der Waals surface area (Å²) in [5, 5.41) is 9.67. The normalized spacial score (nSPS) is 9.36. The predicted molar refractivity (Wildman–Crippen MR) is 202 cm³/mol. The molecule has 0 fully saturated rings. The van der Waals surface area contributed by atoms with Crippen LogP contribution in [0.5, 0.6) is 11.5 Å². The minimum Gasteiger partial charge on any atom is -0.497 e. The van der Waals surface area contributed by atoms with Gasteiger partial charge in [0.2, 0.25) is 0 Å². The molecule has 0 aliphatic carbocycles. The molecular formula is C42H66O3. The minimum atomic E-state index is -0.385. The average Bonchev–Trinajstić information content (AvgIpc) is 3.13. The first-order chi connectivity index (χ1) is 22.1. The fourth-order valence-electron chi connectivity index (χ4n) is 3.55. The summed E-state index contributed by atoms with van der Waals surface area (Å²) < 4.78 is 10.8. The smallest absolute Gasteiger partial charge is 0.119 e. The average molecular weight is 619 g/mol. The minimum absolute atomic E-state index is 0.353. The largest absolute Gasteiger partial charge is 0.497 e. The zero-order valence-corrected chi connectivity index (χ0v) is 30.8. The summed E-state index contributed by atoms with van der Waals surface area (Å²) in [5.74, 6) is 1.67. The van der Waals surface area contributed by atoms with E-state index in [4.69, 9.17) is 9.47 Å². The third kappa shape index (κ3) is 23.5. The summed E-state index contributed by atoms with van der Waals surface area (Å²) in [5.41, 5.74) is 5.02. The van der Waals surface area contributed by atoms with E-state index < -0.39 is 0 Å². The summed E-state index contributed by atoms with van der Waals surface area (Å²) in [4.78, 5) is 0. The van der Waals surface area contributed by atoms with Gasteiger partial charge in [-0.25, -0.2) is 0 Å². The highest BCUT2D eigenvalue weighted by molar-refractivity contribution is 5.62. The Balaban J connectivity index is -0.000000645. The lowest BCUT2D eigenvalue weighted by Crippen LogP contribution is -2.16. The summed E-state index contributed by atoms with van der Waals surface area (Å²) in [6, 6.07) is 36.9. The molecule has 0 bridgehead atoms. The van der Waals surface area contributed by atoms with Crippen LogP contribution >= 0.6 is 0 Å². The topological polar surface area (TPSA) is 38.7 Å². The predicted octanol–water partition coefficient (Wildman–Crippen LogP) is 12.7. The molecule has 0 amide bonds. The van der Waals surface area contributed by atoms with Gasteiger partial charge in [-0.05, 0) is 59.4 Å². The zero-order chi connectivity index (χ0) is 34.7. The Morgan fingerprint density at radius 2 is 0.889 bits per heavy atom. The van der Waals surface area contributed by atoms with Gasteiger partial charge in [0.15, 0.2) is 0 Å². The van der Waals surface area contributed by atoms with Crippen molar-refractivity contribution in [3.8, 4) is 22.6 Å². The molecule has 4 aromatic rings. The Labute approximate surface area is 278 Å². The number of aliphatic hydroxyl groups is 1. The van der Waals surface area contributed by atoms with Gasteiger partial charge in [-0.1, -0.05) is 174 Å². The first kappa shape index (κ1) is 45.9. The highest BCUT2D eigenvalue weighted by Crippen LogP contribution is 2.19. The van der Waals surface area contributed by atoms with E-state index in [9.17, 15) is 5.11 Å². The van der Waals surface area contributed by atoms with E-state index in [1.165, 1.54) is 28.7 Å². The highest BCUT2D eigenvalue weighted by atomic mass is 16.5. The van der Waals surface area contributed by atoms with Crippen molar-refractivity contribution in [2.24, 2.45) is 0 Å². The van der Waals surface area contributed by atoms with E-state index in [1.54, 1.807) is 7.11 Å². The van der Waals surface area contributed by atoms with Crippen LogP contribution in [0.25, 0.3) is 11.1 Å². The lowest BCUT2D eigenvalue weighted by molar-refractivity contribution is 0.0993. The van der Waals surface area contributed by atoms with Gasteiger partial charge in [0.05, 0.1) is 13.2 Å². The van der Waals surface area contributed by atoms with Gasteiger partial charge in [0.1, 0.15) is 18.1 Å². The molecule has 0 aliphatic rings. The second-order valence-corrected chi connectivity index (χ2v) is 8.86. The van der Waals surface area contributed by atoms with Gasteiger partial charge in [-0.15, -0.1) is 0 Å². The Bertz CT molecular complexity index is 1040. The lowest BCUT2D eigenvalue weighted by atomic mass is 10.0. The lowest BCUT2D eigenvalue weighted by Gasteiger charge is -2.11. The Kier molecular flexibility index (Phi) is 35.6. The van der Waals surface area contributed by atoms with E-state index in [0.717, 1.165) is 30.8 Å². The molecule has 0 radical (unpaired) electrons. The molecule has 1 atom stereocenters. The number of hydrogen-bond acceptors (Lipinski definition) is 3. The molecular weight excluding hydrogens is 552 g/mol. The SMILES string of the molecule is CC.CC.CC.CC.CCC.CCCC(O)COc1ccc(Cc2ccc(OC)cc2)cc1.c1ccc(-c2ccccc2)cc1. The molecule has 4 aromatic carbocycles. The van der Waals surface area contributed by atoms with Crippen LogP contribution < -0.4 is 9.47 Å². The van der Waals surface area contributed by atoms with Crippen LogP contribution in [0.15, 0.2) is 109 Å². The number of rotatable bonds is 9. The van der Waals surface area contributed by atoms with Crippen LogP contribution in [0.1, 0.15) is 107 Å². The van der Waals surface area contributed by atoms with Crippen molar-refractivity contribution < 1.29 is 14.6 Å². The summed E-state index contributed by atoms with van der Waals surface area (Å²) in [7, 11) is 1.67. The van der Waals surface area contributed by atoms with Crippen LogP contribution in [0.3, 0.4) is 0 Å². The molecule has 0 spiro atoms. The van der Waals surface area contributed by atoms with Crippen molar-refractivity contribution >= 4 is 0 Å². The van der Waals surface area contributed by atoms with Gasteiger partial charge in [-0.2, -0.15) is 0 Å². The third-order valence-corrected chi connectivity index (χ3v) is 5.44. The maximum Gasteiger partial charge on any atom is 0.119 e. The fourth-order valence-corrected chi connectivity index (χ4v) is 3.55. The maximum absolute atomic E-state index is 9.67. The van der Waals surface area contributed by atoms with E-state index in [2.05, 4.69) is 93.6 Å². The summed E-state index contributed by atoms with van der Waals surface area (Å²) in [6.45, 7) is 22.7. The van der Waals surface area contributed by atoms with Crippen molar-refractivity contribution in [3.05, 3.63) is 120 Å². The van der Waals surface area contributed by atoms with Gasteiger partial charge in [-0.3, -0.25) is 0 Å². The van der Waals surface area contributed by atoms with Crippen molar-refractivity contribution in [1.29, 1.82) is 0 Å². The molecule has 0 heterocycles. The van der Waals surface area contributed by atoms with E-state index in [1.807, 2.05) is 91.8 Å². The first-order valence-electron chi connectivity index (χ1n) is 17.2. The van der Waals surface area contributed by atoms with Crippen LogP contribution in [0.2, 0.25) is 0 Å². The number of aliphatic hydroxyl groups excluding tert-OH is 1. The molecule has 0 saturated carbocycles. The number of ether oxygens (including phenoxy) is 2. The van der Waals surface area contributed by atoms with Crippen molar-refractivity contribution in [3.63, 3.8) is 0 Å². The Hall–Kier alpha value is -3.56. The molecule has 3 heteroatoms. The summed E-state index contributed by atoms with van der Waals surface area (Å²) in [6.07, 6.45) is 3.48. The van der Waals surface area contributed by atoms with E-state index in [-0.39, 0.29) is 6.10 Å². The Morgan fingerprint density at radius 1 is 0.533 bits per heavy atom. The Morgan fingerprint density at radius 3 is 1.22 bits per heavy atom. The maximum atomic E-state index is 9.67. The highest BCUT2D eigenvalue weighted by Gasteiger charge is 2.04.